The van der Waals surface area contributed by atoms with Crippen molar-refractivity contribution in [1.29, 1.82) is 5.26 Å². The fourth-order valence-corrected chi connectivity index (χ4v) is 1.92. The third-order valence-corrected chi connectivity index (χ3v) is 2.84. The van der Waals surface area contributed by atoms with Gasteiger partial charge in [-0.1, -0.05) is 0 Å². The van der Waals surface area contributed by atoms with Crippen LogP contribution in [0.15, 0.2) is 24.3 Å². The van der Waals surface area contributed by atoms with Crippen LogP contribution in [-0.4, -0.2) is 36.2 Å². The third kappa shape index (κ3) is 2.89. The molecule has 1 N–H and O–H groups in total. The van der Waals surface area contributed by atoms with Gasteiger partial charge in [-0.05, 0) is 24.3 Å². The van der Waals surface area contributed by atoms with E-state index in [2.05, 4.69) is 0 Å². The van der Waals surface area contributed by atoms with E-state index in [0.29, 0.717) is 24.4 Å². The number of anilines is 1. The van der Waals surface area contributed by atoms with E-state index >= 15 is 0 Å². The number of carboxylic acid groups (broad SMARTS) is 1. The van der Waals surface area contributed by atoms with Crippen LogP contribution in [0.5, 0.6) is 0 Å². The van der Waals surface area contributed by atoms with E-state index in [4.69, 9.17) is 15.1 Å². The molecule has 1 aromatic rings. The number of amides is 1. The van der Waals surface area contributed by atoms with E-state index in [1.54, 1.807) is 24.3 Å². The Morgan fingerprint density at radius 3 is 2.74 bits per heavy atom. The summed E-state index contributed by atoms with van der Waals surface area (Å²) in [5.74, 6) is -1.43. The molecule has 1 atom stereocenters. The van der Waals surface area contributed by atoms with Crippen molar-refractivity contribution in [2.45, 2.75) is 12.5 Å². The van der Waals surface area contributed by atoms with Gasteiger partial charge in [-0.3, -0.25) is 9.59 Å². The highest BCUT2D eigenvalue weighted by atomic mass is 16.5. The van der Waals surface area contributed by atoms with Crippen molar-refractivity contribution in [1.82, 2.24) is 0 Å². The van der Waals surface area contributed by atoms with Crippen molar-refractivity contribution in [2.75, 3.05) is 18.1 Å². The molecule has 0 saturated carbocycles. The molecular formula is C13H12N2O4. The highest BCUT2D eigenvalue weighted by Crippen LogP contribution is 2.20. The maximum atomic E-state index is 12.1. The summed E-state index contributed by atoms with van der Waals surface area (Å²) < 4.78 is 5.17. The number of carbonyl (C=O) groups excluding carboxylic acids is 1. The normalized spacial score (nSPS) is 19.0. The molecule has 1 saturated heterocycles. The number of rotatable bonds is 3. The maximum absolute atomic E-state index is 12.1. The molecule has 0 radical (unpaired) electrons. The SMILES string of the molecule is N#Cc1ccc(N2CCOC(CC(=O)O)C2=O)cc1. The number of carboxylic acids is 1. The minimum atomic E-state index is -1.07. The largest absolute Gasteiger partial charge is 0.481 e. The molecule has 6 heteroatoms. The van der Waals surface area contributed by atoms with Crippen molar-refractivity contribution >= 4 is 17.6 Å². The molecular weight excluding hydrogens is 248 g/mol. The van der Waals surface area contributed by atoms with Gasteiger partial charge in [0.15, 0.2) is 0 Å². The van der Waals surface area contributed by atoms with Gasteiger partial charge in [0.05, 0.1) is 24.7 Å². The zero-order chi connectivity index (χ0) is 13.8. The van der Waals surface area contributed by atoms with E-state index < -0.39 is 12.1 Å². The molecule has 1 aromatic carbocycles. The summed E-state index contributed by atoms with van der Waals surface area (Å²) in [6, 6.07) is 8.56. The van der Waals surface area contributed by atoms with Gasteiger partial charge in [-0.2, -0.15) is 5.26 Å². The van der Waals surface area contributed by atoms with Gasteiger partial charge in [0.25, 0.3) is 5.91 Å². The Morgan fingerprint density at radius 2 is 2.16 bits per heavy atom. The topological polar surface area (TPSA) is 90.6 Å². The Hall–Kier alpha value is -2.39. The van der Waals surface area contributed by atoms with Crippen LogP contribution in [0.4, 0.5) is 5.69 Å². The standard InChI is InChI=1S/C13H12N2O4/c14-8-9-1-3-10(4-2-9)15-5-6-19-11(13(15)18)7-12(16)17/h1-4,11H,5-7H2,(H,16,17). The molecule has 19 heavy (non-hydrogen) atoms. The van der Waals surface area contributed by atoms with Gasteiger partial charge in [-0.25, -0.2) is 0 Å². The summed E-state index contributed by atoms with van der Waals surface area (Å²) in [7, 11) is 0. The van der Waals surface area contributed by atoms with E-state index in [-0.39, 0.29) is 12.3 Å². The van der Waals surface area contributed by atoms with Crippen LogP contribution in [0.2, 0.25) is 0 Å². The molecule has 1 aliphatic rings. The molecule has 1 heterocycles. The fraction of sp³-hybridized carbons (Fsp3) is 0.308. The Balaban J connectivity index is 2.16. The minimum Gasteiger partial charge on any atom is -0.481 e. The molecule has 0 bridgehead atoms. The summed E-state index contributed by atoms with van der Waals surface area (Å²) in [5, 5.41) is 17.4. The van der Waals surface area contributed by atoms with Gasteiger partial charge in [0.1, 0.15) is 6.10 Å². The Labute approximate surface area is 109 Å². The lowest BCUT2D eigenvalue weighted by molar-refractivity contribution is -0.147. The zero-order valence-corrected chi connectivity index (χ0v) is 10.1. The van der Waals surface area contributed by atoms with Crippen LogP contribution < -0.4 is 4.90 Å². The van der Waals surface area contributed by atoms with Crippen molar-refractivity contribution in [3.05, 3.63) is 29.8 Å². The number of carbonyl (C=O) groups is 2. The molecule has 98 valence electrons. The van der Waals surface area contributed by atoms with Crippen molar-refractivity contribution < 1.29 is 19.4 Å². The first-order valence-corrected chi connectivity index (χ1v) is 5.77. The second-order valence-corrected chi connectivity index (χ2v) is 4.11. The molecule has 1 unspecified atom stereocenters. The highest BCUT2D eigenvalue weighted by molar-refractivity contribution is 5.98. The van der Waals surface area contributed by atoms with Crippen molar-refractivity contribution in [3.63, 3.8) is 0 Å². The molecule has 0 spiro atoms. The Bertz CT molecular complexity index is 533. The van der Waals surface area contributed by atoms with E-state index in [9.17, 15) is 9.59 Å². The fourth-order valence-electron chi connectivity index (χ4n) is 1.92. The minimum absolute atomic E-state index is 0.295. The van der Waals surface area contributed by atoms with Gasteiger partial charge in [0.2, 0.25) is 0 Å². The van der Waals surface area contributed by atoms with Gasteiger partial charge in [0, 0.05) is 12.2 Å². The van der Waals surface area contributed by atoms with Crippen molar-refractivity contribution in [2.24, 2.45) is 0 Å². The highest BCUT2D eigenvalue weighted by Gasteiger charge is 2.32. The first-order valence-electron chi connectivity index (χ1n) is 5.77. The summed E-state index contributed by atoms with van der Waals surface area (Å²) in [5.41, 5.74) is 1.15. The first-order chi connectivity index (χ1) is 9.11. The molecule has 1 aliphatic heterocycles. The first kappa shape index (κ1) is 13.1. The molecule has 6 nitrogen and oxygen atoms in total. The third-order valence-electron chi connectivity index (χ3n) is 2.84. The number of ether oxygens (including phenoxy) is 1. The number of aliphatic carboxylic acids is 1. The Kier molecular flexibility index (Phi) is 3.78. The summed E-state index contributed by atoms with van der Waals surface area (Å²) in [6.45, 7) is 0.671. The van der Waals surface area contributed by atoms with Crippen LogP contribution in [0.1, 0.15) is 12.0 Å². The molecule has 1 amide bonds. The van der Waals surface area contributed by atoms with Crippen LogP contribution >= 0.6 is 0 Å². The number of nitriles is 1. The molecule has 2 rings (SSSR count). The van der Waals surface area contributed by atoms with Crippen LogP contribution in [0.25, 0.3) is 0 Å². The predicted octanol–water partition coefficient (Wildman–Crippen LogP) is 0.765. The average Bonchev–Trinajstić information content (AvgIpc) is 2.41. The number of morpholine rings is 1. The zero-order valence-electron chi connectivity index (χ0n) is 10.1. The molecule has 0 aromatic heterocycles. The lowest BCUT2D eigenvalue weighted by Gasteiger charge is -2.31. The average molecular weight is 260 g/mol. The van der Waals surface area contributed by atoms with Gasteiger partial charge >= 0.3 is 5.97 Å². The van der Waals surface area contributed by atoms with E-state index in [0.717, 1.165) is 0 Å². The van der Waals surface area contributed by atoms with Crippen LogP contribution in [0.3, 0.4) is 0 Å². The summed E-state index contributed by atoms with van der Waals surface area (Å²) >= 11 is 0. The second kappa shape index (κ2) is 5.50. The number of hydrogen-bond donors (Lipinski definition) is 1. The smallest absolute Gasteiger partial charge is 0.306 e. The number of nitrogens with zero attached hydrogens (tertiary/aromatic N) is 2. The quantitative estimate of drug-likeness (QED) is 0.866. The second-order valence-electron chi connectivity index (χ2n) is 4.11. The van der Waals surface area contributed by atoms with E-state index in [1.807, 2.05) is 6.07 Å². The Morgan fingerprint density at radius 1 is 1.47 bits per heavy atom. The lowest BCUT2D eigenvalue weighted by Crippen LogP contribution is -2.48. The van der Waals surface area contributed by atoms with Gasteiger partial charge in [-0.15, -0.1) is 0 Å². The maximum Gasteiger partial charge on any atom is 0.306 e. The molecule has 0 aliphatic carbocycles. The van der Waals surface area contributed by atoms with Gasteiger partial charge < -0.3 is 14.7 Å². The lowest BCUT2D eigenvalue weighted by atomic mass is 10.1. The summed E-state index contributed by atoms with van der Waals surface area (Å²) in [6.07, 6.45) is -1.28. The molecule has 1 fully saturated rings. The van der Waals surface area contributed by atoms with Crippen LogP contribution in [-0.2, 0) is 14.3 Å². The summed E-state index contributed by atoms with van der Waals surface area (Å²) in [4.78, 5) is 24.2. The monoisotopic (exact) mass is 260 g/mol. The predicted molar refractivity (Wildman–Crippen MR) is 65.5 cm³/mol. The van der Waals surface area contributed by atoms with Crippen LogP contribution in [0, 0.1) is 11.3 Å². The number of hydrogen-bond acceptors (Lipinski definition) is 4. The van der Waals surface area contributed by atoms with Crippen molar-refractivity contribution in [3.8, 4) is 6.07 Å². The van der Waals surface area contributed by atoms with E-state index in [1.165, 1.54) is 4.90 Å². The number of benzene rings is 1.